The van der Waals surface area contributed by atoms with E-state index in [1.807, 2.05) is 0 Å². The van der Waals surface area contributed by atoms with Crippen LogP contribution in [0.25, 0.3) is 0 Å². The lowest BCUT2D eigenvalue weighted by Crippen LogP contribution is -2.23. The Bertz CT molecular complexity index is 480. The number of esters is 1. The lowest BCUT2D eigenvalue weighted by Gasteiger charge is -2.04. The van der Waals surface area contributed by atoms with Crippen molar-refractivity contribution < 1.29 is 18.7 Å². The molecule has 1 aromatic heterocycles. The monoisotopic (exact) mass is 251 g/mol. The average Bonchev–Trinajstić information content (AvgIpc) is 2.93. The molecule has 1 aliphatic heterocycles. The second-order valence-corrected chi connectivity index (χ2v) is 3.68. The molecule has 1 aromatic rings. The van der Waals surface area contributed by atoms with Crippen LogP contribution in [0.15, 0.2) is 21.7 Å². The van der Waals surface area contributed by atoms with Gasteiger partial charge in [-0.2, -0.15) is 5.10 Å². The second-order valence-electron chi connectivity index (χ2n) is 3.68. The van der Waals surface area contributed by atoms with Crippen molar-refractivity contribution in [3.05, 3.63) is 23.7 Å². The smallest absolute Gasteiger partial charge is 0.337 e. The second kappa shape index (κ2) is 5.35. The third-order valence-electron chi connectivity index (χ3n) is 2.26. The molecule has 0 radical (unpaired) electrons. The van der Waals surface area contributed by atoms with E-state index in [0.717, 1.165) is 0 Å². The molecular weight excluding hydrogens is 238 g/mol. The minimum atomic E-state index is -0.365. The maximum absolute atomic E-state index is 11.2. The van der Waals surface area contributed by atoms with E-state index in [0.29, 0.717) is 24.6 Å². The van der Waals surface area contributed by atoms with Crippen LogP contribution >= 0.6 is 0 Å². The minimum absolute atomic E-state index is 0.0906. The third kappa shape index (κ3) is 3.09. The first-order valence-corrected chi connectivity index (χ1v) is 5.46. The van der Waals surface area contributed by atoms with E-state index in [9.17, 15) is 9.59 Å². The first kappa shape index (κ1) is 12.2. The Kier molecular flexibility index (Phi) is 3.61. The van der Waals surface area contributed by atoms with E-state index in [4.69, 9.17) is 9.15 Å². The normalized spacial score (nSPS) is 15.2. The Morgan fingerprint density at radius 2 is 2.50 bits per heavy atom. The van der Waals surface area contributed by atoms with E-state index in [-0.39, 0.29) is 18.6 Å². The van der Waals surface area contributed by atoms with Gasteiger partial charge in [-0.25, -0.2) is 9.80 Å². The van der Waals surface area contributed by atoms with Crippen LogP contribution in [0.1, 0.15) is 18.4 Å². The van der Waals surface area contributed by atoms with Crippen molar-refractivity contribution in [1.82, 2.24) is 10.3 Å². The highest BCUT2D eigenvalue weighted by Crippen LogP contribution is 2.08. The van der Waals surface area contributed by atoms with Gasteiger partial charge >= 0.3 is 12.0 Å². The van der Waals surface area contributed by atoms with Gasteiger partial charge < -0.3 is 14.5 Å². The summed E-state index contributed by atoms with van der Waals surface area (Å²) in [5.41, 5.74) is 0. The molecule has 2 heterocycles. The van der Waals surface area contributed by atoms with Crippen molar-refractivity contribution in [2.45, 2.75) is 13.5 Å². The highest BCUT2D eigenvalue weighted by molar-refractivity contribution is 5.80. The Hall–Kier alpha value is -2.31. The molecule has 18 heavy (non-hydrogen) atoms. The maximum Gasteiger partial charge on any atom is 0.337 e. The summed E-state index contributed by atoms with van der Waals surface area (Å²) in [6, 6.07) is 3.16. The molecule has 96 valence electrons. The van der Waals surface area contributed by atoms with E-state index in [2.05, 4.69) is 10.4 Å². The van der Waals surface area contributed by atoms with Gasteiger partial charge in [-0.1, -0.05) is 0 Å². The summed E-state index contributed by atoms with van der Waals surface area (Å²) in [6.45, 7) is 2.55. The summed E-state index contributed by atoms with van der Waals surface area (Å²) < 4.78 is 10.1. The summed E-state index contributed by atoms with van der Waals surface area (Å²) >= 11 is 0. The van der Waals surface area contributed by atoms with Crippen LogP contribution in [0.2, 0.25) is 0 Å². The van der Waals surface area contributed by atoms with Crippen LogP contribution < -0.4 is 5.32 Å². The standard InChI is InChI=1S/C11H13N3O4/c1-8(15)17-7-10-3-2-9(18-10)6-13-14-5-4-12-11(14)16/h2-3,6H,4-5,7H2,1H3,(H,12,16). The van der Waals surface area contributed by atoms with Crippen molar-refractivity contribution in [3.63, 3.8) is 0 Å². The number of furan rings is 1. The molecule has 2 rings (SSSR count). The van der Waals surface area contributed by atoms with Gasteiger partial charge in [0.15, 0.2) is 0 Å². The number of hydrazone groups is 1. The topological polar surface area (TPSA) is 84.1 Å². The molecule has 0 saturated carbocycles. The number of urea groups is 1. The summed E-state index contributed by atoms with van der Waals surface area (Å²) in [4.78, 5) is 21.8. The zero-order chi connectivity index (χ0) is 13.0. The fourth-order valence-corrected chi connectivity index (χ4v) is 1.41. The molecule has 0 bridgehead atoms. The molecule has 1 aliphatic rings. The van der Waals surface area contributed by atoms with Gasteiger partial charge in [0, 0.05) is 13.5 Å². The van der Waals surface area contributed by atoms with E-state index >= 15 is 0 Å². The van der Waals surface area contributed by atoms with Gasteiger partial charge in [-0.3, -0.25) is 4.79 Å². The van der Waals surface area contributed by atoms with Crippen LogP contribution in [0.5, 0.6) is 0 Å². The first-order valence-electron chi connectivity index (χ1n) is 5.46. The number of carbonyl (C=O) groups excluding carboxylic acids is 2. The molecule has 0 atom stereocenters. The summed E-state index contributed by atoms with van der Waals surface area (Å²) in [5, 5.41) is 7.92. The van der Waals surface area contributed by atoms with Crippen LogP contribution in [0.3, 0.4) is 0 Å². The van der Waals surface area contributed by atoms with Crippen LogP contribution in [0.4, 0.5) is 4.79 Å². The van der Waals surface area contributed by atoms with Gasteiger partial charge in [0.1, 0.15) is 18.1 Å². The van der Waals surface area contributed by atoms with Crippen LogP contribution in [0, 0.1) is 0 Å². The predicted molar refractivity (Wildman–Crippen MR) is 61.9 cm³/mol. The summed E-state index contributed by atoms with van der Waals surface area (Å²) in [5.74, 6) is 0.657. The van der Waals surface area contributed by atoms with Gasteiger partial charge in [-0.05, 0) is 12.1 Å². The number of nitrogens with one attached hydrogen (secondary N) is 1. The molecular formula is C11H13N3O4. The van der Waals surface area contributed by atoms with Crippen molar-refractivity contribution in [3.8, 4) is 0 Å². The lowest BCUT2D eigenvalue weighted by atomic mass is 10.4. The molecule has 1 fully saturated rings. The number of carbonyl (C=O) groups is 2. The van der Waals surface area contributed by atoms with Gasteiger partial charge in [0.2, 0.25) is 0 Å². The van der Waals surface area contributed by atoms with Crippen molar-refractivity contribution in [2.75, 3.05) is 13.1 Å². The van der Waals surface area contributed by atoms with Crippen molar-refractivity contribution in [2.24, 2.45) is 5.10 Å². The average molecular weight is 251 g/mol. The number of nitrogens with zero attached hydrogens (tertiary/aromatic N) is 2. The minimum Gasteiger partial charge on any atom is -0.458 e. The van der Waals surface area contributed by atoms with E-state index < -0.39 is 0 Å². The maximum atomic E-state index is 11.2. The SMILES string of the molecule is CC(=O)OCc1ccc(C=NN2CCNC2=O)o1. The number of hydrogen-bond acceptors (Lipinski definition) is 5. The fraction of sp³-hybridized carbons (Fsp3) is 0.364. The van der Waals surface area contributed by atoms with Gasteiger partial charge in [0.25, 0.3) is 0 Å². The van der Waals surface area contributed by atoms with Crippen molar-refractivity contribution in [1.29, 1.82) is 0 Å². The van der Waals surface area contributed by atoms with E-state index in [1.54, 1.807) is 12.1 Å². The molecule has 1 saturated heterocycles. The molecule has 7 nitrogen and oxygen atoms in total. The zero-order valence-corrected chi connectivity index (χ0v) is 9.88. The number of amides is 2. The van der Waals surface area contributed by atoms with Gasteiger partial charge in [0.05, 0.1) is 12.8 Å². The predicted octanol–water partition coefficient (Wildman–Crippen LogP) is 0.702. The molecule has 0 spiro atoms. The number of hydrogen-bond donors (Lipinski definition) is 1. The molecule has 0 unspecified atom stereocenters. The molecule has 7 heteroatoms. The Morgan fingerprint density at radius 3 is 3.17 bits per heavy atom. The van der Waals surface area contributed by atoms with Crippen LogP contribution in [-0.4, -0.2) is 36.3 Å². The van der Waals surface area contributed by atoms with Gasteiger partial charge in [-0.15, -0.1) is 0 Å². The summed E-state index contributed by atoms with van der Waals surface area (Å²) in [6.07, 6.45) is 1.45. The van der Waals surface area contributed by atoms with Crippen molar-refractivity contribution >= 4 is 18.2 Å². The molecule has 0 aliphatic carbocycles. The van der Waals surface area contributed by atoms with E-state index in [1.165, 1.54) is 18.1 Å². The third-order valence-corrected chi connectivity index (χ3v) is 2.26. The van der Waals surface area contributed by atoms with Crippen LogP contribution in [-0.2, 0) is 16.1 Å². The highest BCUT2D eigenvalue weighted by atomic mass is 16.5. The number of ether oxygens (including phenoxy) is 1. The zero-order valence-electron chi connectivity index (χ0n) is 9.88. The summed E-state index contributed by atoms with van der Waals surface area (Å²) in [7, 11) is 0. The Balaban J connectivity index is 1.91. The molecule has 0 aromatic carbocycles. The Morgan fingerprint density at radius 1 is 1.67 bits per heavy atom. The number of rotatable bonds is 4. The largest absolute Gasteiger partial charge is 0.458 e. The lowest BCUT2D eigenvalue weighted by molar-refractivity contribution is -0.142. The fourth-order valence-electron chi connectivity index (χ4n) is 1.41. The Labute approximate surface area is 103 Å². The first-order chi connectivity index (χ1) is 8.65. The quantitative estimate of drug-likeness (QED) is 0.630. The molecule has 2 amide bonds. The molecule has 1 N–H and O–H groups in total. The highest BCUT2D eigenvalue weighted by Gasteiger charge is 2.17.